The van der Waals surface area contributed by atoms with Crippen LogP contribution in [0.3, 0.4) is 0 Å². The maximum Gasteiger partial charge on any atom is 0.348 e. The molecule has 2 rings (SSSR count). The van der Waals surface area contributed by atoms with E-state index >= 15 is 0 Å². The molecule has 29 heavy (non-hydrogen) atoms. The largest absolute Gasteiger partial charge is 0.462 e. The number of thiophene rings is 1. The molecule has 1 fully saturated rings. The molecule has 0 saturated carbocycles. The van der Waals surface area contributed by atoms with Crippen LogP contribution in [-0.2, 0) is 19.5 Å². The number of rotatable bonds is 6. The number of carbonyl (C=O) groups is 2. The Morgan fingerprint density at radius 3 is 2.17 bits per heavy atom. The standard InChI is InChI=1S/C17H25N3O6S3/c1-5-25-15(21)12-11(3)13(16(22)26-6-2)28-14(12)18-17(27)19-7-9-20(10-8-19)29(4,23)24/h5-10H2,1-4H3,(H,18,27). The van der Waals surface area contributed by atoms with Crippen molar-refractivity contribution < 1.29 is 27.5 Å². The van der Waals surface area contributed by atoms with Gasteiger partial charge in [-0.3, -0.25) is 0 Å². The average Bonchev–Trinajstić information content (AvgIpc) is 2.97. The number of thiocarbonyl (C=S) groups is 1. The molecule has 0 atom stereocenters. The Balaban J connectivity index is 2.22. The summed E-state index contributed by atoms with van der Waals surface area (Å²) in [5.41, 5.74) is 0.719. The monoisotopic (exact) mass is 463 g/mol. The highest BCUT2D eigenvalue weighted by Crippen LogP contribution is 2.34. The van der Waals surface area contributed by atoms with Gasteiger partial charge in [0.15, 0.2) is 5.11 Å². The number of esters is 2. The van der Waals surface area contributed by atoms with E-state index in [-0.39, 0.29) is 18.8 Å². The maximum atomic E-state index is 12.5. The molecule has 0 unspecified atom stereocenters. The molecule has 1 N–H and O–H groups in total. The van der Waals surface area contributed by atoms with Gasteiger partial charge in [-0.2, -0.15) is 4.31 Å². The minimum absolute atomic E-state index is 0.195. The van der Waals surface area contributed by atoms with Gasteiger partial charge in [0.1, 0.15) is 9.88 Å². The summed E-state index contributed by atoms with van der Waals surface area (Å²) in [6.45, 7) is 6.96. The normalized spacial score (nSPS) is 15.1. The van der Waals surface area contributed by atoms with Crippen LogP contribution >= 0.6 is 23.6 Å². The fourth-order valence-corrected chi connectivity index (χ4v) is 5.10. The zero-order chi connectivity index (χ0) is 21.8. The first-order chi connectivity index (χ1) is 13.6. The third-order valence-electron chi connectivity index (χ3n) is 4.30. The summed E-state index contributed by atoms with van der Waals surface area (Å²) in [7, 11) is -3.24. The first-order valence-electron chi connectivity index (χ1n) is 9.08. The fraction of sp³-hybridized carbons (Fsp3) is 0.588. The van der Waals surface area contributed by atoms with E-state index in [1.54, 1.807) is 20.8 Å². The van der Waals surface area contributed by atoms with Crippen LogP contribution in [0.1, 0.15) is 39.4 Å². The summed E-state index contributed by atoms with van der Waals surface area (Å²) in [5, 5.41) is 3.78. The van der Waals surface area contributed by atoms with Crippen LogP contribution in [0.25, 0.3) is 0 Å². The van der Waals surface area contributed by atoms with Crippen molar-refractivity contribution >= 4 is 55.6 Å². The molecule has 1 saturated heterocycles. The maximum absolute atomic E-state index is 12.5. The molecule has 162 valence electrons. The molecular weight excluding hydrogens is 438 g/mol. The molecule has 0 amide bonds. The Hall–Kier alpha value is -1.76. The first-order valence-corrected chi connectivity index (χ1v) is 12.2. The SMILES string of the molecule is CCOC(=O)c1sc(NC(=S)N2CCN(S(C)(=O)=O)CC2)c(C(=O)OCC)c1C. The van der Waals surface area contributed by atoms with Gasteiger partial charge in [0.25, 0.3) is 0 Å². The van der Waals surface area contributed by atoms with Crippen LogP contribution in [-0.4, -0.2) is 80.3 Å². The molecular formula is C17H25N3O6S3. The van der Waals surface area contributed by atoms with E-state index in [2.05, 4.69) is 5.32 Å². The summed E-state index contributed by atoms with van der Waals surface area (Å²) < 4.78 is 34.9. The second-order valence-electron chi connectivity index (χ2n) is 6.28. The molecule has 1 aliphatic heterocycles. The highest BCUT2D eigenvalue weighted by atomic mass is 32.2. The molecule has 0 radical (unpaired) electrons. The van der Waals surface area contributed by atoms with Crippen LogP contribution in [0.5, 0.6) is 0 Å². The molecule has 0 aliphatic carbocycles. The second-order valence-corrected chi connectivity index (χ2v) is 9.67. The van der Waals surface area contributed by atoms with E-state index in [1.807, 2.05) is 4.90 Å². The van der Waals surface area contributed by atoms with Crippen LogP contribution < -0.4 is 5.32 Å². The lowest BCUT2D eigenvalue weighted by atomic mass is 10.1. The minimum atomic E-state index is -3.24. The Morgan fingerprint density at radius 1 is 1.10 bits per heavy atom. The van der Waals surface area contributed by atoms with Crippen molar-refractivity contribution in [2.45, 2.75) is 20.8 Å². The lowest BCUT2D eigenvalue weighted by molar-refractivity contribution is 0.0527. The molecule has 0 spiro atoms. The summed E-state index contributed by atoms with van der Waals surface area (Å²) in [4.78, 5) is 26.8. The molecule has 1 aromatic heterocycles. The number of nitrogens with zero attached hydrogens (tertiary/aromatic N) is 2. The van der Waals surface area contributed by atoms with Gasteiger partial charge in [-0.25, -0.2) is 18.0 Å². The molecule has 1 aliphatic rings. The smallest absolute Gasteiger partial charge is 0.348 e. The highest BCUT2D eigenvalue weighted by molar-refractivity contribution is 7.88. The van der Waals surface area contributed by atoms with Crippen molar-refractivity contribution in [3.63, 3.8) is 0 Å². The average molecular weight is 464 g/mol. The number of nitrogens with one attached hydrogen (secondary N) is 1. The summed E-state index contributed by atoms with van der Waals surface area (Å²) in [6, 6.07) is 0. The van der Waals surface area contributed by atoms with Gasteiger partial charge in [-0.1, -0.05) is 0 Å². The third-order valence-corrected chi connectivity index (χ3v) is 7.15. The predicted octanol–water partition coefficient (Wildman–Crippen LogP) is 1.68. The van der Waals surface area contributed by atoms with Gasteiger partial charge in [-0.05, 0) is 38.6 Å². The second kappa shape index (κ2) is 9.83. The summed E-state index contributed by atoms with van der Waals surface area (Å²) in [5.74, 6) is -1.06. The van der Waals surface area contributed by atoms with Crippen LogP contribution in [0.2, 0.25) is 0 Å². The minimum Gasteiger partial charge on any atom is -0.462 e. The third kappa shape index (κ3) is 5.65. The Morgan fingerprint density at radius 2 is 1.66 bits per heavy atom. The Kier molecular flexibility index (Phi) is 7.97. The van der Waals surface area contributed by atoms with Gasteiger partial charge >= 0.3 is 11.9 Å². The summed E-state index contributed by atoms with van der Waals surface area (Å²) >= 11 is 6.53. The van der Waals surface area contributed by atoms with Gasteiger partial charge < -0.3 is 19.7 Å². The van der Waals surface area contributed by atoms with Gasteiger partial charge in [0.2, 0.25) is 10.0 Å². The van der Waals surface area contributed by atoms with Gasteiger partial charge in [-0.15, -0.1) is 11.3 Å². The number of sulfonamides is 1. The quantitative estimate of drug-likeness (QED) is 0.498. The van der Waals surface area contributed by atoms with E-state index in [1.165, 1.54) is 10.6 Å². The Labute approximate surface area is 180 Å². The van der Waals surface area contributed by atoms with E-state index in [0.29, 0.717) is 46.7 Å². The van der Waals surface area contributed by atoms with Crippen molar-refractivity contribution in [2.75, 3.05) is 51.0 Å². The molecule has 0 bridgehead atoms. The van der Waals surface area contributed by atoms with Crippen molar-refractivity contribution in [1.29, 1.82) is 0 Å². The number of hydrogen-bond donors (Lipinski definition) is 1. The molecule has 1 aromatic rings. The zero-order valence-corrected chi connectivity index (χ0v) is 19.3. The molecule has 2 heterocycles. The Bertz CT molecular complexity index is 888. The van der Waals surface area contributed by atoms with Crippen LogP contribution in [0, 0.1) is 6.92 Å². The number of carbonyl (C=O) groups excluding carboxylic acids is 2. The van der Waals surface area contributed by atoms with Gasteiger partial charge in [0.05, 0.1) is 25.0 Å². The van der Waals surface area contributed by atoms with Crippen molar-refractivity contribution in [2.24, 2.45) is 0 Å². The van der Waals surface area contributed by atoms with Crippen LogP contribution in [0.15, 0.2) is 0 Å². The highest BCUT2D eigenvalue weighted by Gasteiger charge is 2.29. The summed E-state index contributed by atoms with van der Waals surface area (Å²) in [6.07, 6.45) is 1.18. The van der Waals surface area contributed by atoms with E-state index in [4.69, 9.17) is 21.7 Å². The predicted molar refractivity (Wildman–Crippen MR) is 115 cm³/mol. The molecule has 12 heteroatoms. The first kappa shape index (κ1) is 23.5. The van der Waals surface area contributed by atoms with Crippen molar-refractivity contribution in [1.82, 2.24) is 9.21 Å². The number of ether oxygens (including phenoxy) is 2. The van der Waals surface area contributed by atoms with Crippen LogP contribution in [0.4, 0.5) is 5.00 Å². The van der Waals surface area contributed by atoms with Crippen molar-refractivity contribution in [3.8, 4) is 0 Å². The number of piperazine rings is 1. The molecule has 9 nitrogen and oxygen atoms in total. The zero-order valence-electron chi connectivity index (χ0n) is 16.8. The van der Waals surface area contributed by atoms with Crippen molar-refractivity contribution in [3.05, 3.63) is 16.0 Å². The van der Waals surface area contributed by atoms with E-state index < -0.39 is 22.0 Å². The lowest BCUT2D eigenvalue weighted by Crippen LogP contribution is -2.51. The topological polar surface area (TPSA) is 105 Å². The van der Waals surface area contributed by atoms with Gasteiger partial charge in [0, 0.05) is 26.2 Å². The van der Waals surface area contributed by atoms with E-state index in [9.17, 15) is 18.0 Å². The van der Waals surface area contributed by atoms with E-state index in [0.717, 1.165) is 11.3 Å². The number of hydrogen-bond acceptors (Lipinski definition) is 8. The molecule has 0 aromatic carbocycles. The lowest BCUT2D eigenvalue weighted by Gasteiger charge is -2.34. The fourth-order valence-electron chi connectivity index (χ4n) is 2.84. The number of anilines is 1.